The van der Waals surface area contributed by atoms with Crippen molar-refractivity contribution in [1.82, 2.24) is 0 Å². The second-order valence-corrected chi connectivity index (χ2v) is 0. The Morgan fingerprint density at radius 1 is 1.00 bits per heavy atom. The molecule has 0 fully saturated rings. The Morgan fingerprint density at radius 3 is 1.00 bits per heavy atom. The van der Waals surface area contributed by atoms with E-state index in [1.807, 2.05) is 0 Å². The molecule has 0 heterocycles. The van der Waals surface area contributed by atoms with Crippen LogP contribution in [0.25, 0.3) is 0 Å². The van der Waals surface area contributed by atoms with Crippen LogP contribution >= 0.6 is 0 Å². The molecule has 4 heavy (non-hydrogen) atoms. The van der Waals surface area contributed by atoms with Crippen molar-refractivity contribution < 1.29 is 50.3 Å². The van der Waals surface area contributed by atoms with E-state index >= 15 is 0 Å². The van der Waals surface area contributed by atoms with E-state index in [0.29, 0.717) is 0 Å². The first-order chi connectivity index (χ1) is 0. The van der Waals surface area contributed by atoms with Gasteiger partial charge in [-0.1, -0.05) is 0 Å². The van der Waals surface area contributed by atoms with Crippen LogP contribution in [-0.2, 0) is 50.3 Å². The van der Waals surface area contributed by atoms with Crippen molar-refractivity contribution in [2.45, 2.75) is 0 Å². The second kappa shape index (κ2) is 17.8. The maximum absolute atomic E-state index is 0. The van der Waals surface area contributed by atoms with E-state index in [1.165, 1.54) is 0 Å². The summed E-state index contributed by atoms with van der Waals surface area (Å²) in [5.74, 6) is 0. The van der Waals surface area contributed by atoms with E-state index in [4.69, 9.17) is 0 Å². The third-order valence-electron chi connectivity index (χ3n) is 0. The van der Waals surface area contributed by atoms with E-state index in [0.717, 1.165) is 0 Å². The zero-order valence-electron chi connectivity index (χ0n) is 2.03. The van der Waals surface area contributed by atoms with Crippen molar-refractivity contribution in [2.75, 3.05) is 0 Å². The van der Waals surface area contributed by atoms with Gasteiger partial charge < -0.3 is 0 Å². The molecular formula is CoMnNaNi. The maximum atomic E-state index is 0. The standard InChI is InChI=1S/Co.Mn.Na.Ni. The Bertz CT molecular complexity index is 8.00. The largest absolute Gasteiger partial charge is 0 e. The van der Waals surface area contributed by atoms with Crippen LogP contribution in [0.2, 0.25) is 0 Å². The molecule has 0 rings (SSSR count). The molecule has 0 aliphatic carbocycles. The van der Waals surface area contributed by atoms with Gasteiger partial charge in [0, 0.05) is 79.9 Å². The van der Waals surface area contributed by atoms with Crippen LogP contribution in [0.3, 0.4) is 0 Å². The maximum Gasteiger partial charge on any atom is 0 e. The first-order valence-electron chi connectivity index (χ1n) is 0. The van der Waals surface area contributed by atoms with Gasteiger partial charge in [0.1, 0.15) is 0 Å². The minimum Gasteiger partial charge on any atom is 0 e. The molecule has 27 valence electrons. The number of hydrogen-bond acceptors (Lipinski definition) is 0. The van der Waals surface area contributed by atoms with Crippen LogP contribution in [0.15, 0.2) is 0 Å². The summed E-state index contributed by atoms with van der Waals surface area (Å²) in [6, 6.07) is 0. The van der Waals surface area contributed by atoms with Crippen molar-refractivity contribution in [2.24, 2.45) is 0 Å². The molecule has 4 heteroatoms. The van der Waals surface area contributed by atoms with Gasteiger partial charge in [-0.3, -0.25) is 0 Å². The summed E-state index contributed by atoms with van der Waals surface area (Å²) in [5.41, 5.74) is 0. The van der Waals surface area contributed by atoms with E-state index in [9.17, 15) is 0 Å². The van der Waals surface area contributed by atoms with Gasteiger partial charge in [0.2, 0.25) is 0 Å². The van der Waals surface area contributed by atoms with Crippen LogP contribution < -0.4 is 0 Å². The molecule has 0 atom stereocenters. The zero-order chi connectivity index (χ0) is 0. The molecule has 3 radical (unpaired) electrons. The molecule has 0 aromatic heterocycles. The van der Waals surface area contributed by atoms with Crippen molar-refractivity contribution in [3.63, 3.8) is 0 Å². The van der Waals surface area contributed by atoms with E-state index in [1.54, 1.807) is 0 Å². The van der Waals surface area contributed by atoms with E-state index in [-0.39, 0.29) is 79.9 Å². The third kappa shape index (κ3) is 8.82. The summed E-state index contributed by atoms with van der Waals surface area (Å²) in [4.78, 5) is 0. The molecule has 0 aliphatic rings. The van der Waals surface area contributed by atoms with Crippen LogP contribution in [0.1, 0.15) is 0 Å². The molecule has 0 amide bonds. The molecule has 0 bridgehead atoms. The molecule has 0 nitrogen and oxygen atoms in total. The monoisotopic (exact) mass is 195 g/mol. The summed E-state index contributed by atoms with van der Waals surface area (Å²) in [7, 11) is 0. The first kappa shape index (κ1) is 31.3. The van der Waals surface area contributed by atoms with Crippen LogP contribution in [0.4, 0.5) is 0 Å². The van der Waals surface area contributed by atoms with Crippen LogP contribution in [0.5, 0.6) is 0 Å². The number of hydrogen-bond donors (Lipinski definition) is 0. The van der Waals surface area contributed by atoms with Crippen molar-refractivity contribution in [1.29, 1.82) is 0 Å². The number of rotatable bonds is 0. The molecule has 0 saturated heterocycles. The first-order valence-corrected chi connectivity index (χ1v) is 0. The minimum absolute atomic E-state index is 0. The average Bonchev–Trinajstić information content (AvgIpc) is 0. The van der Waals surface area contributed by atoms with Gasteiger partial charge in [0.25, 0.3) is 0 Å². The average molecular weight is 196 g/mol. The topological polar surface area (TPSA) is 0 Å². The Labute approximate surface area is 78.7 Å². The summed E-state index contributed by atoms with van der Waals surface area (Å²) >= 11 is 0. The van der Waals surface area contributed by atoms with Gasteiger partial charge in [-0.2, -0.15) is 0 Å². The summed E-state index contributed by atoms with van der Waals surface area (Å²) < 4.78 is 0. The fourth-order valence-corrected chi connectivity index (χ4v) is 0. The van der Waals surface area contributed by atoms with Crippen molar-refractivity contribution in [3.05, 3.63) is 0 Å². The van der Waals surface area contributed by atoms with E-state index in [2.05, 4.69) is 0 Å². The van der Waals surface area contributed by atoms with Crippen LogP contribution in [0, 0.1) is 0 Å². The molecule has 0 aromatic rings. The van der Waals surface area contributed by atoms with Gasteiger partial charge in [-0.05, 0) is 0 Å². The Hall–Kier alpha value is 2.52. The fraction of sp³-hybridized carbons (Fsp3) is 0. The molecule has 0 unspecified atom stereocenters. The summed E-state index contributed by atoms with van der Waals surface area (Å²) in [5, 5.41) is 0. The Morgan fingerprint density at radius 2 is 1.00 bits per heavy atom. The quantitative estimate of drug-likeness (QED) is 0.462. The zero-order valence-corrected chi connectivity index (χ0v) is 7.24. The molecule has 0 spiro atoms. The summed E-state index contributed by atoms with van der Waals surface area (Å²) in [6.07, 6.45) is 0. The van der Waals surface area contributed by atoms with Gasteiger partial charge in [-0.25, -0.2) is 0 Å². The normalized spacial score (nSPS) is 0. The molecule has 0 saturated carbocycles. The van der Waals surface area contributed by atoms with Crippen molar-refractivity contribution in [3.8, 4) is 0 Å². The Kier molecular flexibility index (Phi) is 139. The third-order valence-corrected chi connectivity index (χ3v) is 0. The molecule has 0 aromatic carbocycles. The van der Waals surface area contributed by atoms with Crippen molar-refractivity contribution >= 4 is 29.6 Å². The molecule has 0 aliphatic heterocycles. The SMILES string of the molecule is [Co].[Mn].[Na].[Ni]. The van der Waals surface area contributed by atoms with Gasteiger partial charge in [-0.15, -0.1) is 0 Å². The Balaban J connectivity index is 0. The second-order valence-electron chi connectivity index (χ2n) is 0. The van der Waals surface area contributed by atoms with E-state index < -0.39 is 0 Å². The van der Waals surface area contributed by atoms with Gasteiger partial charge in [0.05, 0.1) is 0 Å². The molecule has 0 N–H and O–H groups in total. The predicted octanol–water partition coefficient (Wildman–Crippen LogP) is -0.388. The summed E-state index contributed by atoms with van der Waals surface area (Å²) in [6.45, 7) is 0. The molecular weight excluding hydrogens is 196 g/mol. The van der Waals surface area contributed by atoms with Gasteiger partial charge >= 0.3 is 0 Å². The fourth-order valence-electron chi connectivity index (χ4n) is 0. The predicted molar refractivity (Wildman–Crippen MR) is 5.75 cm³/mol. The minimum atomic E-state index is 0. The van der Waals surface area contributed by atoms with Crippen LogP contribution in [-0.4, -0.2) is 29.6 Å². The van der Waals surface area contributed by atoms with Gasteiger partial charge in [0.15, 0.2) is 0 Å². The smallest absolute Gasteiger partial charge is 0 e.